The summed E-state index contributed by atoms with van der Waals surface area (Å²) >= 11 is 0. The SMILES string of the molecule is C[C@H](NC(=O)OCC1c2ccccc2-c2ccccc21)[C@H](CC(=O)O)c1ccco1. The Morgan fingerprint density at radius 3 is 2.23 bits per heavy atom. The molecular formula is C24H23NO5. The number of ether oxygens (including phenoxy) is 1. The average molecular weight is 405 g/mol. The van der Waals surface area contributed by atoms with E-state index in [0.717, 1.165) is 22.3 Å². The minimum absolute atomic E-state index is 0.0293. The van der Waals surface area contributed by atoms with Gasteiger partial charge in [0.15, 0.2) is 0 Å². The van der Waals surface area contributed by atoms with Gasteiger partial charge in [0.05, 0.1) is 12.7 Å². The number of carboxylic acid groups (broad SMARTS) is 1. The molecule has 1 amide bonds. The van der Waals surface area contributed by atoms with Crippen LogP contribution in [0.3, 0.4) is 0 Å². The van der Waals surface area contributed by atoms with Crippen LogP contribution in [0.4, 0.5) is 4.79 Å². The minimum Gasteiger partial charge on any atom is -0.481 e. The second-order valence-electron chi connectivity index (χ2n) is 7.48. The highest BCUT2D eigenvalue weighted by atomic mass is 16.5. The Kier molecular flexibility index (Phi) is 5.57. The number of furan rings is 1. The van der Waals surface area contributed by atoms with E-state index in [1.54, 1.807) is 19.1 Å². The summed E-state index contributed by atoms with van der Waals surface area (Å²) in [6, 6.07) is 19.2. The van der Waals surface area contributed by atoms with Gasteiger partial charge in [0.25, 0.3) is 0 Å². The highest BCUT2D eigenvalue weighted by Gasteiger charge is 2.30. The van der Waals surface area contributed by atoms with Crippen molar-refractivity contribution in [2.24, 2.45) is 0 Å². The molecule has 3 aromatic rings. The molecule has 0 radical (unpaired) electrons. The van der Waals surface area contributed by atoms with Gasteiger partial charge in [-0.2, -0.15) is 0 Å². The largest absolute Gasteiger partial charge is 0.481 e. The predicted octanol–water partition coefficient (Wildman–Crippen LogP) is 4.77. The lowest BCUT2D eigenvalue weighted by molar-refractivity contribution is -0.137. The van der Waals surface area contributed by atoms with E-state index in [1.165, 1.54) is 6.26 Å². The molecule has 0 aliphatic heterocycles. The van der Waals surface area contributed by atoms with E-state index in [1.807, 2.05) is 24.3 Å². The number of alkyl carbamates (subject to hydrolysis) is 1. The second kappa shape index (κ2) is 8.45. The maximum atomic E-state index is 12.5. The van der Waals surface area contributed by atoms with Crippen molar-refractivity contribution in [1.29, 1.82) is 0 Å². The van der Waals surface area contributed by atoms with Crippen LogP contribution < -0.4 is 5.32 Å². The quantitative estimate of drug-likeness (QED) is 0.591. The number of hydrogen-bond acceptors (Lipinski definition) is 4. The first-order valence-electron chi connectivity index (χ1n) is 9.91. The van der Waals surface area contributed by atoms with Crippen LogP contribution in [0, 0.1) is 0 Å². The van der Waals surface area contributed by atoms with E-state index in [4.69, 9.17) is 9.15 Å². The van der Waals surface area contributed by atoms with E-state index in [-0.39, 0.29) is 18.9 Å². The van der Waals surface area contributed by atoms with E-state index in [9.17, 15) is 14.7 Å². The van der Waals surface area contributed by atoms with Crippen LogP contribution in [-0.2, 0) is 9.53 Å². The van der Waals surface area contributed by atoms with E-state index < -0.39 is 24.0 Å². The molecule has 2 aromatic carbocycles. The lowest BCUT2D eigenvalue weighted by Crippen LogP contribution is -2.38. The molecule has 0 spiro atoms. The predicted molar refractivity (Wildman–Crippen MR) is 111 cm³/mol. The van der Waals surface area contributed by atoms with Crippen molar-refractivity contribution in [2.45, 2.75) is 31.2 Å². The Morgan fingerprint density at radius 1 is 1.03 bits per heavy atom. The second-order valence-corrected chi connectivity index (χ2v) is 7.48. The first-order chi connectivity index (χ1) is 14.5. The molecule has 1 aliphatic rings. The molecule has 6 nitrogen and oxygen atoms in total. The summed E-state index contributed by atoms with van der Waals surface area (Å²) in [4.78, 5) is 23.7. The number of carbonyl (C=O) groups excluding carboxylic acids is 1. The lowest BCUT2D eigenvalue weighted by Gasteiger charge is -2.22. The van der Waals surface area contributed by atoms with Gasteiger partial charge in [-0.3, -0.25) is 4.79 Å². The first kappa shape index (κ1) is 19.8. The molecule has 2 atom stereocenters. The number of amides is 1. The van der Waals surface area contributed by atoms with E-state index in [0.29, 0.717) is 5.76 Å². The van der Waals surface area contributed by atoms with Crippen LogP contribution >= 0.6 is 0 Å². The third kappa shape index (κ3) is 3.94. The fourth-order valence-corrected chi connectivity index (χ4v) is 4.14. The maximum Gasteiger partial charge on any atom is 0.407 e. The van der Waals surface area contributed by atoms with Gasteiger partial charge >= 0.3 is 12.1 Å². The lowest BCUT2D eigenvalue weighted by atomic mass is 9.95. The number of nitrogens with one attached hydrogen (secondary N) is 1. The van der Waals surface area contributed by atoms with Gasteiger partial charge in [-0.1, -0.05) is 48.5 Å². The van der Waals surface area contributed by atoms with Crippen LogP contribution in [0.15, 0.2) is 71.3 Å². The standard InChI is InChI=1S/C24H23NO5/c1-15(20(13-23(26)27)22-11-6-12-29-22)25-24(28)30-14-21-18-9-4-2-7-16(18)17-8-3-5-10-19(17)21/h2-12,15,20-21H,13-14H2,1H3,(H,25,28)(H,26,27)/t15-,20-/m0/s1. The molecule has 30 heavy (non-hydrogen) atoms. The highest BCUT2D eigenvalue weighted by Crippen LogP contribution is 2.44. The maximum absolute atomic E-state index is 12.5. The topological polar surface area (TPSA) is 88.8 Å². The summed E-state index contributed by atoms with van der Waals surface area (Å²) < 4.78 is 10.9. The Morgan fingerprint density at radius 2 is 1.67 bits per heavy atom. The summed E-state index contributed by atoms with van der Waals surface area (Å²) in [7, 11) is 0. The molecule has 4 rings (SSSR count). The van der Waals surface area contributed by atoms with E-state index in [2.05, 4.69) is 29.6 Å². The number of benzene rings is 2. The summed E-state index contributed by atoms with van der Waals surface area (Å²) in [5, 5.41) is 12.0. The van der Waals surface area contributed by atoms with Crippen LogP contribution in [0.2, 0.25) is 0 Å². The molecule has 0 saturated carbocycles. The van der Waals surface area contributed by atoms with Gasteiger partial charge in [0, 0.05) is 17.9 Å². The fraction of sp³-hybridized carbons (Fsp3) is 0.250. The summed E-state index contributed by atoms with van der Waals surface area (Å²) in [5.41, 5.74) is 4.60. The number of hydrogen-bond donors (Lipinski definition) is 2. The van der Waals surface area contributed by atoms with Gasteiger partial charge in [-0.15, -0.1) is 0 Å². The smallest absolute Gasteiger partial charge is 0.407 e. The van der Waals surface area contributed by atoms with E-state index >= 15 is 0 Å². The molecule has 0 saturated heterocycles. The zero-order valence-corrected chi connectivity index (χ0v) is 16.6. The number of carboxylic acids is 1. The van der Waals surface area contributed by atoms with Crippen molar-refractivity contribution >= 4 is 12.1 Å². The summed E-state index contributed by atoms with van der Waals surface area (Å²) in [5.74, 6) is -0.960. The van der Waals surface area contributed by atoms with Crippen molar-refractivity contribution in [2.75, 3.05) is 6.61 Å². The average Bonchev–Trinajstić information content (AvgIpc) is 3.37. The Balaban J connectivity index is 1.43. The Hall–Kier alpha value is -3.54. The van der Waals surface area contributed by atoms with Crippen LogP contribution in [0.1, 0.15) is 42.1 Å². The Labute approximate surface area is 174 Å². The van der Waals surface area contributed by atoms with Crippen molar-refractivity contribution in [3.05, 3.63) is 83.8 Å². The number of aliphatic carboxylic acids is 1. The van der Waals surface area contributed by atoms with Gasteiger partial charge in [-0.05, 0) is 41.3 Å². The van der Waals surface area contributed by atoms with Crippen LogP contribution in [0.25, 0.3) is 11.1 Å². The fourth-order valence-electron chi connectivity index (χ4n) is 4.14. The van der Waals surface area contributed by atoms with Gasteiger partial charge in [0.1, 0.15) is 12.4 Å². The van der Waals surface area contributed by atoms with Crippen molar-refractivity contribution in [3.63, 3.8) is 0 Å². The number of carbonyl (C=O) groups is 2. The summed E-state index contributed by atoms with van der Waals surface area (Å²) in [6.07, 6.45) is 0.758. The highest BCUT2D eigenvalue weighted by molar-refractivity contribution is 5.79. The molecule has 0 bridgehead atoms. The zero-order valence-electron chi connectivity index (χ0n) is 16.6. The minimum atomic E-state index is -0.961. The monoisotopic (exact) mass is 405 g/mol. The molecule has 1 aliphatic carbocycles. The number of rotatable bonds is 7. The molecule has 6 heteroatoms. The van der Waals surface area contributed by atoms with Crippen molar-refractivity contribution < 1.29 is 23.8 Å². The molecule has 154 valence electrons. The first-order valence-corrected chi connectivity index (χ1v) is 9.91. The van der Waals surface area contributed by atoms with Gasteiger partial charge in [0.2, 0.25) is 0 Å². The number of fused-ring (bicyclic) bond motifs is 3. The van der Waals surface area contributed by atoms with Crippen LogP contribution in [-0.4, -0.2) is 29.8 Å². The van der Waals surface area contributed by atoms with Crippen LogP contribution in [0.5, 0.6) is 0 Å². The molecule has 0 fully saturated rings. The van der Waals surface area contributed by atoms with Crippen molar-refractivity contribution in [3.8, 4) is 11.1 Å². The van der Waals surface area contributed by atoms with Gasteiger partial charge in [-0.25, -0.2) is 4.79 Å². The third-order valence-electron chi connectivity index (χ3n) is 5.60. The zero-order chi connectivity index (χ0) is 21.1. The van der Waals surface area contributed by atoms with Crippen molar-refractivity contribution in [1.82, 2.24) is 5.32 Å². The molecular weight excluding hydrogens is 382 g/mol. The normalized spacial score (nSPS) is 14.4. The molecule has 1 heterocycles. The molecule has 1 aromatic heterocycles. The third-order valence-corrected chi connectivity index (χ3v) is 5.60. The summed E-state index contributed by atoms with van der Waals surface area (Å²) in [6.45, 7) is 1.95. The van der Waals surface area contributed by atoms with Gasteiger partial charge < -0.3 is 19.6 Å². The Bertz CT molecular complexity index is 998. The molecule has 0 unspecified atom stereocenters. The molecule has 2 N–H and O–H groups in total.